The normalized spacial score (nSPS) is 19.2. The molecule has 5 N–H and O–H groups in total. The molecule has 0 saturated carbocycles. The summed E-state index contributed by atoms with van der Waals surface area (Å²) in [5, 5.41) is 6.10. The van der Waals surface area contributed by atoms with E-state index in [0.717, 1.165) is 18.9 Å². The summed E-state index contributed by atoms with van der Waals surface area (Å²) in [6, 6.07) is 0.649. The number of fused-ring (bicyclic) bond motifs is 1. The van der Waals surface area contributed by atoms with Crippen molar-refractivity contribution >= 4 is 38.4 Å². The second-order valence-corrected chi connectivity index (χ2v) is 11.5. The molecule has 2 aliphatic heterocycles. The van der Waals surface area contributed by atoms with Gasteiger partial charge in [-0.05, 0) is 37.8 Å². The van der Waals surface area contributed by atoms with Crippen LogP contribution < -0.4 is 25.8 Å². The fraction of sp³-hybridized carbons (Fsp3) is 0.375. The number of nitrogen functional groups attached to an aromatic ring is 1. The van der Waals surface area contributed by atoms with Crippen molar-refractivity contribution < 1.29 is 35.1 Å². The lowest BCUT2D eigenvalue weighted by Crippen LogP contribution is -2.23. The molecule has 0 aliphatic carbocycles. The summed E-state index contributed by atoms with van der Waals surface area (Å²) in [7, 11) is -3.94. The van der Waals surface area contributed by atoms with Crippen LogP contribution in [-0.2, 0) is 16.2 Å². The number of halogens is 5. The summed E-state index contributed by atoms with van der Waals surface area (Å²) >= 11 is 0. The highest BCUT2D eigenvalue weighted by molar-refractivity contribution is 7.92. The number of benzene rings is 1. The van der Waals surface area contributed by atoms with Crippen LogP contribution in [0.3, 0.4) is 0 Å². The maximum atomic E-state index is 16.2. The molecule has 10 nitrogen and oxygen atoms in total. The van der Waals surface area contributed by atoms with E-state index in [1.807, 2.05) is 6.08 Å². The molecule has 2 aromatic heterocycles. The van der Waals surface area contributed by atoms with Gasteiger partial charge in [-0.15, -0.1) is 0 Å². The average Bonchev–Trinajstić information content (AvgIpc) is 3.26. The fourth-order valence-corrected chi connectivity index (χ4v) is 5.32. The second-order valence-electron chi connectivity index (χ2n) is 9.75. The molecule has 1 unspecified atom stereocenters. The zero-order valence-electron chi connectivity index (χ0n) is 21.4. The van der Waals surface area contributed by atoms with Gasteiger partial charge < -0.3 is 21.1 Å². The number of hydrogen-bond donors (Lipinski definition) is 4. The van der Waals surface area contributed by atoms with Crippen LogP contribution in [0.5, 0.6) is 5.88 Å². The van der Waals surface area contributed by atoms with Gasteiger partial charge in [-0.3, -0.25) is 4.72 Å². The number of sulfonamides is 1. The smallest absolute Gasteiger partial charge is 0.417 e. The summed E-state index contributed by atoms with van der Waals surface area (Å²) in [5.74, 6) is -3.49. The summed E-state index contributed by atoms with van der Waals surface area (Å²) in [6.07, 6.45) is -2.35. The third-order valence-corrected chi connectivity index (χ3v) is 7.07. The standard InChI is InChI=1S/C24H24F5N7O3S/c1-9-4-11-5-12(31-7-11)8-32-21-15-20(34-23(35-21)36-40(3,37)38)18(26)19(33-22(15)39-9)13-6-14(30)17(25)10(2)16(13)24(27,28)29/h5-6,9,11,31H,4,7-8,30H2,1-3H3,(H2,32,34,35,36)/t9-,11?/m0/s1. The number of aromatic nitrogens is 3. The van der Waals surface area contributed by atoms with Crippen LogP contribution in [0, 0.1) is 24.5 Å². The van der Waals surface area contributed by atoms with Gasteiger partial charge in [0.05, 0.1) is 30.2 Å². The highest BCUT2D eigenvalue weighted by atomic mass is 32.2. The molecule has 0 fully saturated rings. The van der Waals surface area contributed by atoms with Gasteiger partial charge in [-0.25, -0.2) is 27.2 Å². The number of anilines is 3. The van der Waals surface area contributed by atoms with Crippen molar-refractivity contribution in [1.29, 1.82) is 0 Å². The minimum absolute atomic E-state index is 0.0633. The van der Waals surface area contributed by atoms with Crippen LogP contribution in [-0.4, -0.2) is 48.8 Å². The number of hydrogen-bond acceptors (Lipinski definition) is 9. The van der Waals surface area contributed by atoms with Gasteiger partial charge in [0.2, 0.25) is 21.9 Å². The molecule has 2 aliphatic rings. The quantitative estimate of drug-likeness (QED) is 0.265. The van der Waals surface area contributed by atoms with E-state index in [2.05, 4.69) is 30.3 Å². The van der Waals surface area contributed by atoms with Gasteiger partial charge in [0.15, 0.2) is 5.82 Å². The molecular formula is C24H24F5N7O3S. The highest BCUT2D eigenvalue weighted by Gasteiger charge is 2.39. The van der Waals surface area contributed by atoms with Gasteiger partial charge in [-0.1, -0.05) is 6.08 Å². The lowest BCUT2D eigenvalue weighted by molar-refractivity contribution is -0.137. The summed E-state index contributed by atoms with van der Waals surface area (Å²) in [5.41, 5.74) is 1.23. The number of nitrogens with zero attached hydrogens (tertiary/aromatic N) is 3. The van der Waals surface area contributed by atoms with Crippen LogP contribution in [0.4, 0.5) is 39.4 Å². The Hall–Kier alpha value is -3.95. The summed E-state index contributed by atoms with van der Waals surface area (Å²) < 4.78 is 105. The molecular weight excluding hydrogens is 561 g/mol. The summed E-state index contributed by atoms with van der Waals surface area (Å²) in [6.45, 7) is 3.39. The van der Waals surface area contributed by atoms with Crippen molar-refractivity contribution in [2.45, 2.75) is 32.5 Å². The van der Waals surface area contributed by atoms with E-state index in [0.29, 0.717) is 19.0 Å². The monoisotopic (exact) mass is 585 g/mol. The first-order chi connectivity index (χ1) is 18.6. The first-order valence-corrected chi connectivity index (χ1v) is 13.9. The predicted molar refractivity (Wildman–Crippen MR) is 138 cm³/mol. The molecule has 0 spiro atoms. The number of alkyl halides is 3. The van der Waals surface area contributed by atoms with Gasteiger partial charge in [0.25, 0.3) is 0 Å². The predicted octanol–water partition coefficient (Wildman–Crippen LogP) is 3.94. The van der Waals surface area contributed by atoms with Crippen molar-refractivity contribution in [3.05, 3.63) is 40.6 Å². The Morgan fingerprint density at radius 2 is 1.88 bits per heavy atom. The van der Waals surface area contributed by atoms with Crippen molar-refractivity contribution in [2.75, 3.05) is 35.1 Å². The Balaban J connectivity index is 1.85. The maximum Gasteiger partial charge on any atom is 0.417 e. The zero-order valence-corrected chi connectivity index (χ0v) is 22.2. The Morgan fingerprint density at radius 1 is 1.15 bits per heavy atom. The molecule has 40 heavy (non-hydrogen) atoms. The van der Waals surface area contributed by atoms with Gasteiger partial charge in [0, 0.05) is 17.8 Å². The van der Waals surface area contributed by atoms with E-state index in [1.54, 1.807) is 6.92 Å². The molecule has 0 saturated heterocycles. The lowest BCUT2D eigenvalue weighted by atomic mass is 9.96. The van der Waals surface area contributed by atoms with Gasteiger partial charge >= 0.3 is 6.18 Å². The fourth-order valence-electron chi connectivity index (χ4n) is 4.90. The molecule has 4 heterocycles. The Morgan fingerprint density at radius 3 is 2.55 bits per heavy atom. The largest absolute Gasteiger partial charge is 0.474 e. The van der Waals surface area contributed by atoms with E-state index < -0.39 is 73.5 Å². The molecule has 3 aromatic rings. The number of nitrogens with one attached hydrogen (secondary N) is 3. The van der Waals surface area contributed by atoms with E-state index in [9.17, 15) is 26.0 Å². The Labute approximate surface area is 225 Å². The average molecular weight is 586 g/mol. The van der Waals surface area contributed by atoms with Crippen LogP contribution in [0.1, 0.15) is 24.5 Å². The molecule has 0 radical (unpaired) electrons. The number of nitrogens with two attached hydrogens (primary N) is 1. The Bertz CT molecular complexity index is 1680. The first kappa shape index (κ1) is 27.6. The maximum absolute atomic E-state index is 16.2. The summed E-state index contributed by atoms with van der Waals surface area (Å²) in [4.78, 5) is 12.3. The molecule has 2 bridgehead atoms. The van der Waals surface area contributed by atoms with Crippen molar-refractivity contribution in [1.82, 2.24) is 20.3 Å². The minimum Gasteiger partial charge on any atom is -0.474 e. The molecule has 1 aromatic carbocycles. The Kier molecular flexibility index (Phi) is 6.63. The van der Waals surface area contributed by atoms with Crippen molar-refractivity contribution in [2.24, 2.45) is 5.92 Å². The van der Waals surface area contributed by atoms with Crippen LogP contribution in [0.25, 0.3) is 22.2 Å². The number of rotatable bonds is 3. The molecule has 2 atom stereocenters. The third-order valence-electron chi connectivity index (χ3n) is 6.52. The topological polar surface area (TPSA) is 144 Å². The SMILES string of the molecule is Cc1c(F)c(N)cc(-c2nc3c4c(nc(NS(C)(=O)=O)nc4c2F)NCC2=CC(CN2)C[C@H](C)O3)c1C(F)(F)F. The minimum atomic E-state index is -5.11. The van der Waals surface area contributed by atoms with E-state index >= 15 is 4.39 Å². The molecule has 0 amide bonds. The first-order valence-electron chi connectivity index (χ1n) is 12.0. The van der Waals surface area contributed by atoms with Crippen LogP contribution >= 0.6 is 0 Å². The molecule has 5 rings (SSSR count). The van der Waals surface area contributed by atoms with Crippen LogP contribution in [0.15, 0.2) is 17.8 Å². The zero-order chi connectivity index (χ0) is 29.1. The highest BCUT2D eigenvalue weighted by Crippen LogP contribution is 2.44. The van der Waals surface area contributed by atoms with Crippen LogP contribution in [0.2, 0.25) is 0 Å². The number of pyridine rings is 1. The van der Waals surface area contributed by atoms with Gasteiger partial charge in [0.1, 0.15) is 28.2 Å². The molecule has 16 heteroatoms. The number of ether oxygens (including phenoxy) is 1. The second kappa shape index (κ2) is 9.60. The lowest BCUT2D eigenvalue weighted by Gasteiger charge is -2.22. The van der Waals surface area contributed by atoms with Crippen molar-refractivity contribution in [3.63, 3.8) is 0 Å². The van der Waals surface area contributed by atoms with Crippen molar-refractivity contribution in [3.8, 4) is 17.1 Å². The van der Waals surface area contributed by atoms with E-state index in [1.165, 1.54) is 0 Å². The molecule has 214 valence electrons. The van der Waals surface area contributed by atoms with E-state index in [-0.39, 0.29) is 29.5 Å². The third kappa shape index (κ3) is 5.14. The van der Waals surface area contributed by atoms with E-state index in [4.69, 9.17) is 10.5 Å². The van der Waals surface area contributed by atoms with Gasteiger partial charge in [-0.2, -0.15) is 18.2 Å².